The molecule has 2 heteroatoms. The summed E-state index contributed by atoms with van der Waals surface area (Å²) in [6.07, 6.45) is 8.27. The Kier molecular flexibility index (Phi) is 8.95. The topological polar surface area (TPSA) is 15.3 Å². The number of hydrogen-bond donors (Lipinski definition) is 1. The Hall–Kier alpha value is -0.0800. The summed E-state index contributed by atoms with van der Waals surface area (Å²) >= 11 is 0. The van der Waals surface area contributed by atoms with Crippen LogP contribution in [0.4, 0.5) is 0 Å². The predicted octanol–water partition coefficient (Wildman–Crippen LogP) is 2.41. The number of rotatable bonds is 8. The molecule has 0 spiro atoms. The zero-order chi connectivity index (χ0) is 9.23. The normalized spacial score (nSPS) is 11.0. The fourth-order valence-electron chi connectivity index (χ4n) is 1.24. The summed E-state index contributed by atoms with van der Waals surface area (Å²) < 4.78 is 0. The van der Waals surface area contributed by atoms with E-state index in [-0.39, 0.29) is 0 Å². The van der Waals surface area contributed by atoms with Crippen molar-refractivity contribution in [2.75, 3.05) is 20.6 Å². The van der Waals surface area contributed by atoms with Crippen molar-refractivity contribution in [2.45, 2.75) is 45.4 Å². The molecule has 0 radical (unpaired) electrons. The van der Waals surface area contributed by atoms with Crippen LogP contribution in [0.25, 0.3) is 0 Å². The van der Waals surface area contributed by atoms with Crippen molar-refractivity contribution in [1.82, 2.24) is 10.4 Å². The summed E-state index contributed by atoms with van der Waals surface area (Å²) in [4.78, 5) is 0. The zero-order valence-electron chi connectivity index (χ0n) is 8.90. The Bertz CT molecular complexity index is 83.9. The van der Waals surface area contributed by atoms with Crippen LogP contribution in [-0.4, -0.2) is 25.6 Å². The van der Waals surface area contributed by atoms with E-state index in [1.54, 1.807) is 0 Å². The molecule has 0 heterocycles. The minimum atomic E-state index is 1.17. The van der Waals surface area contributed by atoms with Crippen molar-refractivity contribution in [3.8, 4) is 0 Å². The van der Waals surface area contributed by atoms with Crippen LogP contribution >= 0.6 is 0 Å². The van der Waals surface area contributed by atoms with Crippen LogP contribution in [0, 0.1) is 0 Å². The van der Waals surface area contributed by atoms with E-state index in [1.165, 1.54) is 45.1 Å². The molecule has 0 saturated carbocycles. The fourth-order valence-corrected chi connectivity index (χ4v) is 1.24. The van der Waals surface area contributed by atoms with Crippen molar-refractivity contribution in [3.05, 3.63) is 0 Å². The molecule has 12 heavy (non-hydrogen) atoms. The summed E-state index contributed by atoms with van der Waals surface area (Å²) in [5.74, 6) is 0. The molecule has 0 aromatic rings. The number of nitrogens with zero attached hydrogens (tertiary/aromatic N) is 1. The molecule has 74 valence electrons. The molecule has 0 unspecified atom stereocenters. The third-order valence-electron chi connectivity index (χ3n) is 2.23. The van der Waals surface area contributed by atoms with Crippen molar-refractivity contribution in [3.63, 3.8) is 0 Å². The first kappa shape index (κ1) is 11.9. The van der Waals surface area contributed by atoms with Crippen LogP contribution in [0.15, 0.2) is 0 Å². The van der Waals surface area contributed by atoms with Gasteiger partial charge in [-0.05, 0) is 13.5 Å². The molecule has 0 fully saturated rings. The van der Waals surface area contributed by atoms with E-state index in [2.05, 4.69) is 24.4 Å². The first-order valence-corrected chi connectivity index (χ1v) is 5.19. The minimum absolute atomic E-state index is 1.17. The van der Waals surface area contributed by atoms with Gasteiger partial charge in [0.15, 0.2) is 0 Å². The van der Waals surface area contributed by atoms with Gasteiger partial charge in [0.05, 0.1) is 0 Å². The zero-order valence-corrected chi connectivity index (χ0v) is 8.90. The van der Waals surface area contributed by atoms with Crippen LogP contribution < -0.4 is 5.43 Å². The van der Waals surface area contributed by atoms with Gasteiger partial charge in [-0.2, -0.15) is 0 Å². The molecule has 0 aromatic carbocycles. The lowest BCUT2D eigenvalue weighted by Crippen LogP contribution is -2.31. The average molecular weight is 172 g/mol. The number of hydrogen-bond acceptors (Lipinski definition) is 2. The number of hydrazine groups is 1. The van der Waals surface area contributed by atoms with Crippen molar-refractivity contribution in [1.29, 1.82) is 0 Å². The first-order valence-electron chi connectivity index (χ1n) is 5.19. The Labute approximate surface area is 77.3 Å². The van der Waals surface area contributed by atoms with Crippen molar-refractivity contribution in [2.24, 2.45) is 0 Å². The van der Waals surface area contributed by atoms with Gasteiger partial charge in [-0.15, -0.1) is 0 Å². The van der Waals surface area contributed by atoms with Gasteiger partial charge >= 0.3 is 0 Å². The molecule has 0 rings (SSSR count). The lowest BCUT2D eigenvalue weighted by atomic mass is 10.1. The quantitative estimate of drug-likeness (QED) is 0.447. The van der Waals surface area contributed by atoms with Gasteiger partial charge in [0.1, 0.15) is 0 Å². The molecular weight excluding hydrogens is 148 g/mol. The minimum Gasteiger partial charge on any atom is -0.259 e. The van der Waals surface area contributed by atoms with E-state index in [4.69, 9.17) is 0 Å². The number of unbranched alkanes of at least 4 members (excludes halogenated alkanes) is 5. The third kappa shape index (κ3) is 8.02. The highest BCUT2D eigenvalue weighted by Gasteiger charge is 1.93. The smallest absolute Gasteiger partial charge is 0.0127 e. The Morgan fingerprint density at radius 3 is 2.17 bits per heavy atom. The maximum atomic E-state index is 3.10. The fraction of sp³-hybridized carbons (Fsp3) is 1.00. The van der Waals surface area contributed by atoms with Crippen LogP contribution in [0.1, 0.15) is 45.4 Å². The first-order chi connectivity index (χ1) is 5.81. The maximum Gasteiger partial charge on any atom is 0.0127 e. The second kappa shape index (κ2) is 9.01. The SMILES string of the molecule is CCCCCCCCN(C)NC. The largest absolute Gasteiger partial charge is 0.259 e. The summed E-state index contributed by atoms with van der Waals surface area (Å²) in [6, 6.07) is 0. The van der Waals surface area contributed by atoms with Crippen LogP contribution in [0.5, 0.6) is 0 Å². The Balaban J connectivity index is 2.90. The highest BCUT2D eigenvalue weighted by Crippen LogP contribution is 2.04. The van der Waals surface area contributed by atoms with Gasteiger partial charge < -0.3 is 0 Å². The van der Waals surface area contributed by atoms with Gasteiger partial charge in [0.2, 0.25) is 0 Å². The van der Waals surface area contributed by atoms with E-state index in [9.17, 15) is 0 Å². The number of nitrogens with one attached hydrogen (secondary N) is 1. The molecule has 0 atom stereocenters. The van der Waals surface area contributed by atoms with Crippen molar-refractivity contribution >= 4 is 0 Å². The second-order valence-corrected chi connectivity index (χ2v) is 3.41. The van der Waals surface area contributed by atoms with Gasteiger partial charge in [-0.1, -0.05) is 39.0 Å². The second-order valence-electron chi connectivity index (χ2n) is 3.41. The highest BCUT2D eigenvalue weighted by atomic mass is 15.5. The molecule has 0 bridgehead atoms. The molecule has 0 aromatic heterocycles. The van der Waals surface area contributed by atoms with E-state index >= 15 is 0 Å². The molecule has 0 aliphatic rings. The summed E-state index contributed by atoms with van der Waals surface area (Å²) in [5.41, 5.74) is 3.10. The van der Waals surface area contributed by atoms with Gasteiger partial charge in [-0.3, -0.25) is 5.43 Å². The van der Waals surface area contributed by atoms with Crippen molar-refractivity contribution < 1.29 is 0 Å². The molecular formula is C10H24N2. The summed E-state index contributed by atoms with van der Waals surface area (Å²) in [5, 5.41) is 2.14. The lowest BCUT2D eigenvalue weighted by molar-refractivity contribution is 0.254. The van der Waals surface area contributed by atoms with E-state index in [1.807, 2.05) is 7.05 Å². The maximum absolute atomic E-state index is 3.10. The molecule has 0 amide bonds. The molecule has 2 nitrogen and oxygen atoms in total. The predicted molar refractivity (Wildman–Crippen MR) is 55.1 cm³/mol. The molecule has 1 N–H and O–H groups in total. The Morgan fingerprint density at radius 1 is 1.00 bits per heavy atom. The highest BCUT2D eigenvalue weighted by molar-refractivity contribution is 4.46. The standard InChI is InChI=1S/C10H24N2/c1-4-5-6-7-8-9-10-12(3)11-2/h11H,4-10H2,1-3H3. The molecule has 0 saturated heterocycles. The lowest BCUT2D eigenvalue weighted by Gasteiger charge is -2.13. The van der Waals surface area contributed by atoms with Crippen LogP contribution in [0.3, 0.4) is 0 Å². The molecule has 0 aliphatic heterocycles. The van der Waals surface area contributed by atoms with Crippen LogP contribution in [-0.2, 0) is 0 Å². The van der Waals surface area contributed by atoms with Gasteiger partial charge in [0, 0.05) is 13.6 Å². The summed E-state index contributed by atoms with van der Waals surface area (Å²) in [7, 11) is 4.06. The van der Waals surface area contributed by atoms with E-state index < -0.39 is 0 Å². The van der Waals surface area contributed by atoms with Crippen LogP contribution in [0.2, 0.25) is 0 Å². The Morgan fingerprint density at radius 2 is 1.58 bits per heavy atom. The third-order valence-corrected chi connectivity index (χ3v) is 2.23. The average Bonchev–Trinajstić information content (AvgIpc) is 2.10. The van der Waals surface area contributed by atoms with Gasteiger partial charge in [-0.25, -0.2) is 5.01 Å². The monoisotopic (exact) mass is 172 g/mol. The van der Waals surface area contributed by atoms with E-state index in [0.29, 0.717) is 0 Å². The van der Waals surface area contributed by atoms with Gasteiger partial charge in [0.25, 0.3) is 0 Å². The summed E-state index contributed by atoms with van der Waals surface area (Å²) in [6.45, 7) is 3.43. The van der Waals surface area contributed by atoms with E-state index in [0.717, 1.165) is 0 Å². The molecule has 0 aliphatic carbocycles.